The number of hydrogen-bond acceptors (Lipinski definition) is 5. The van der Waals surface area contributed by atoms with Crippen LogP contribution in [0, 0.1) is 0 Å². The topological polar surface area (TPSA) is 79.2 Å². The van der Waals surface area contributed by atoms with Gasteiger partial charge in [-0.05, 0) is 0 Å². The Morgan fingerprint density at radius 2 is 2.29 bits per heavy atom. The van der Waals surface area contributed by atoms with Gasteiger partial charge in [0.05, 0.1) is 11.2 Å². The van der Waals surface area contributed by atoms with Crippen molar-refractivity contribution in [2.45, 2.75) is 0 Å². The number of carbonyl (C=O) groups excluding carboxylic acids is 1. The number of nitrogens with zero attached hydrogens (tertiary/aromatic N) is 2. The average molecular weight is 258 g/mol. The van der Waals surface area contributed by atoms with E-state index in [1.165, 1.54) is 0 Å². The number of allylic oxidation sites excluding steroid dienone is 1. The summed E-state index contributed by atoms with van der Waals surface area (Å²) in [5.41, 5.74) is 0. The van der Waals surface area contributed by atoms with Crippen LogP contribution in [-0.2, 0) is 14.0 Å². The standard InChI is InChI=1S/C5H3Cl2N2O4P/c6-3-1-8-9(13-14(11)12)2-4(10)5(3)7/h1H,2H2/p+1. The van der Waals surface area contributed by atoms with Crippen molar-refractivity contribution in [3.8, 4) is 0 Å². The molecule has 76 valence electrons. The fourth-order valence-corrected chi connectivity index (χ4v) is 1.19. The van der Waals surface area contributed by atoms with Crippen molar-refractivity contribution in [2.24, 2.45) is 5.10 Å². The first-order valence-corrected chi connectivity index (χ1v) is 5.13. The molecule has 0 aromatic rings. The van der Waals surface area contributed by atoms with Crippen molar-refractivity contribution in [1.82, 2.24) is 5.17 Å². The highest BCUT2D eigenvalue weighted by Gasteiger charge is 2.25. The second-order valence-corrected chi connectivity index (χ2v) is 3.58. The molecule has 14 heavy (non-hydrogen) atoms. The summed E-state index contributed by atoms with van der Waals surface area (Å²) in [6.45, 7) is -0.368. The largest absolute Gasteiger partial charge is 0.720 e. The number of Topliss-reactive ketones (excluding diaryl/α,β-unsaturated/α-hetero) is 1. The Labute approximate surface area is 89.6 Å². The summed E-state index contributed by atoms with van der Waals surface area (Å²) in [6.07, 6.45) is 1.05. The maximum Gasteiger partial charge on any atom is 0.720 e. The molecule has 1 aliphatic rings. The molecular weight excluding hydrogens is 254 g/mol. The first-order chi connectivity index (χ1) is 6.50. The van der Waals surface area contributed by atoms with E-state index >= 15 is 0 Å². The van der Waals surface area contributed by atoms with E-state index in [0.29, 0.717) is 5.17 Å². The van der Waals surface area contributed by atoms with E-state index in [1.54, 1.807) is 0 Å². The van der Waals surface area contributed by atoms with E-state index in [-0.39, 0.29) is 16.6 Å². The molecule has 1 heterocycles. The molecule has 0 radical (unpaired) electrons. The highest BCUT2D eigenvalue weighted by atomic mass is 35.5. The quantitative estimate of drug-likeness (QED) is 0.751. The van der Waals surface area contributed by atoms with Crippen LogP contribution in [0.1, 0.15) is 0 Å². The van der Waals surface area contributed by atoms with Gasteiger partial charge in [-0.15, -0.1) is 10.1 Å². The molecule has 0 aliphatic carbocycles. The third-order valence-corrected chi connectivity index (χ3v) is 2.32. The van der Waals surface area contributed by atoms with Crippen LogP contribution in [0.15, 0.2) is 15.2 Å². The molecule has 1 unspecified atom stereocenters. The van der Waals surface area contributed by atoms with Crippen molar-refractivity contribution >= 4 is 43.5 Å². The van der Waals surface area contributed by atoms with Gasteiger partial charge in [-0.25, -0.2) is 0 Å². The van der Waals surface area contributed by atoms with Gasteiger partial charge >= 0.3 is 8.25 Å². The van der Waals surface area contributed by atoms with Crippen LogP contribution in [0.5, 0.6) is 0 Å². The molecule has 0 saturated heterocycles. The van der Waals surface area contributed by atoms with Crippen LogP contribution in [0.3, 0.4) is 0 Å². The number of rotatable bonds is 2. The van der Waals surface area contributed by atoms with E-state index in [9.17, 15) is 9.36 Å². The lowest BCUT2D eigenvalue weighted by Gasteiger charge is -2.04. The van der Waals surface area contributed by atoms with Gasteiger partial charge in [0.2, 0.25) is 0 Å². The Bertz CT molecular complexity index is 343. The molecule has 9 heteroatoms. The summed E-state index contributed by atoms with van der Waals surface area (Å²) in [4.78, 5) is 19.6. The Morgan fingerprint density at radius 1 is 1.64 bits per heavy atom. The van der Waals surface area contributed by atoms with E-state index in [4.69, 9.17) is 28.1 Å². The van der Waals surface area contributed by atoms with Gasteiger partial charge in [0.25, 0.3) is 0 Å². The van der Waals surface area contributed by atoms with Gasteiger partial charge in [0.15, 0.2) is 5.78 Å². The summed E-state index contributed by atoms with van der Waals surface area (Å²) in [5, 5.41) is 3.90. The zero-order chi connectivity index (χ0) is 10.7. The van der Waals surface area contributed by atoms with Crippen molar-refractivity contribution in [3.63, 3.8) is 0 Å². The number of ketones is 1. The monoisotopic (exact) mass is 257 g/mol. The Balaban J connectivity index is 2.78. The second kappa shape index (κ2) is 4.82. The summed E-state index contributed by atoms with van der Waals surface area (Å²) >= 11 is 11.0. The Hall–Kier alpha value is -0.520. The molecule has 0 aromatic heterocycles. The number of hydroxylamine groups is 1. The van der Waals surface area contributed by atoms with Gasteiger partial charge in [-0.2, -0.15) is 5.10 Å². The van der Waals surface area contributed by atoms with Crippen LogP contribution >= 0.6 is 31.5 Å². The zero-order valence-corrected chi connectivity index (χ0v) is 8.96. The van der Waals surface area contributed by atoms with Crippen LogP contribution in [0.25, 0.3) is 0 Å². The predicted molar refractivity (Wildman–Crippen MR) is 49.8 cm³/mol. The number of hydrazone groups is 1. The first kappa shape index (κ1) is 11.6. The molecule has 0 fully saturated rings. The molecule has 1 atom stereocenters. The highest BCUT2D eigenvalue weighted by molar-refractivity contribution is 7.32. The molecule has 0 aromatic carbocycles. The van der Waals surface area contributed by atoms with Crippen molar-refractivity contribution in [2.75, 3.05) is 6.54 Å². The second-order valence-electron chi connectivity index (χ2n) is 2.16. The maximum atomic E-state index is 11.2. The normalized spacial score (nSPS) is 18.6. The van der Waals surface area contributed by atoms with Gasteiger partial charge in [-0.1, -0.05) is 23.2 Å². The molecule has 1 rings (SSSR count). The molecule has 1 aliphatic heterocycles. The minimum absolute atomic E-state index is 0.0454. The summed E-state index contributed by atoms with van der Waals surface area (Å²) in [7, 11) is -2.88. The number of halogens is 2. The average Bonchev–Trinajstić information content (AvgIpc) is 2.19. The molecule has 6 nitrogen and oxygen atoms in total. The molecule has 0 spiro atoms. The molecule has 1 N–H and O–H groups in total. The Morgan fingerprint density at radius 3 is 2.86 bits per heavy atom. The summed E-state index contributed by atoms with van der Waals surface area (Å²) in [6, 6.07) is 0. The SMILES string of the molecule is O=C1CN(O[P+](=O)O)N=CC(Cl)=C1Cl. The van der Waals surface area contributed by atoms with Crippen LogP contribution in [0.2, 0.25) is 0 Å². The van der Waals surface area contributed by atoms with Crippen LogP contribution in [-0.4, -0.2) is 28.6 Å². The lowest BCUT2D eigenvalue weighted by molar-refractivity contribution is -0.125. The summed E-state index contributed by atoms with van der Waals surface area (Å²) in [5.74, 6) is -0.550. The minimum Gasteiger partial charge on any atom is -0.291 e. The maximum absolute atomic E-state index is 11.2. The lowest BCUT2D eigenvalue weighted by atomic mass is 10.3. The molecule has 0 amide bonds. The first-order valence-electron chi connectivity index (χ1n) is 3.25. The summed E-state index contributed by atoms with van der Waals surface area (Å²) < 4.78 is 14.5. The lowest BCUT2D eigenvalue weighted by Crippen LogP contribution is -2.22. The number of hydrogen-bond donors (Lipinski definition) is 1. The van der Waals surface area contributed by atoms with Crippen molar-refractivity contribution < 1.29 is 18.9 Å². The van der Waals surface area contributed by atoms with E-state index in [1.807, 2.05) is 0 Å². The van der Waals surface area contributed by atoms with E-state index in [2.05, 4.69) is 9.73 Å². The van der Waals surface area contributed by atoms with E-state index < -0.39 is 14.0 Å². The van der Waals surface area contributed by atoms with Crippen molar-refractivity contribution in [1.29, 1.82) is 0 Å². The van der Waals surface area contributed by atoms with Gasteiger partial charge < -0.3 is 0 Å². The van der Waals surface area contributed by atoms with E-state index in [0.717, 1.165) is 6.21 Å². The minimum atomic E-state index is -2.88. The smallest absolute Gasteiger partial charge is 0.291 e. The van der Waals surface area contributed by atoms with Crippen LogP contribution < -0.4 is 0 Å². The van der Waals surface area contributed by atoms with Gasteiger partial charge in [0, 0.05) is 9.19 Å². The van der Waals surface area contributed by atoms with Gasteiger partial charge in [-0.3, -0.25) is 4.79 Å². The molecular formula is C5H4Cl2N2O4P+. The fourth-order valence-electron chi connectivity index (χ4n) is 0.669. The predicted octanol–water partition coefficient (Wildman–Crippen LogP) is 1.13. The fraction of sp³-hybridized carbons (Fsp3) is 0.200. The molecule has 0 saturated carbocycles. The van der Waals surface area contributed by atoms with Crippen LogP contribution in [0.4, 0.5) is 0 Å². The number of carbonyl (C=O) groups is 1. The zero-order valence-electron chi connectivity index (χ0n) is 6.55. The highest BCUT2D eigenvalue weighted by Crippen LogP contribution is 2.22. The third kappa shape index (κ3) is 3.01. The van der Waals surface area contributed by atoms with Crippen molar-refractivity contribution in [3.05, 3.63) is 10.1 Å². The Kier molecular flexibility index (Phi) is 3.97. The third-order valence-electron chi connectivity index (χ3n) is 1.20. The van der Waals surface area contributed by atoms with Gasteiger partial charge in [0.1, 0.15) is 11.6 Å². The molecule has 0 bridgehead atoms.